The van der Waals surface area contributed by atoms with Gasteiger partial charge in [-0.05, 0) is 25.5 Å². The van der Waals surface area contributed by atoms with Gasteiger partial charge < -0.3 is 15.3 Å². The SMILES string of the molecule is Cc1ccc(CN2CCCNC(CO)C2=O)cc1. The Morgan fingerprint density at radius 3 is 2.78 bits per heavy atom. The Morgan fingerprint density at radius 2 is 2.11 bits per heavy atom. The minimum Gasteiger partial charge on any atom is -0.394 e. The lowest BCUT2D eigenvalue weighted by Gasteiger charge is -2.23. The number of amides is 1. The number of hydrogen-bond donors (Lipinski definition) is 2. The Labute approximate surface area is 108 Å². The van der Waals surface area contributed by atoms with Gasteiger partial charge in [0.25, 0.3) is 0 Å². The predicted molar refractivity (Wildman–Crippen MR) is 70.1 cm³/mol. The first-order valence-corrected chi connectivity index (χ1v) is 6.39. The monoisotopic (exact) mass is 248 g/mol. The van der Waals surface area contributed by atoms with Crippen molar-refractivity contribution >= 4 is 5.91 Å². The first-order chi connectivity index (χ1) is 8.70. The van der Waals surface area contributed by atoms with Crippen LogP contribution in [0.25, 0.3) is 0 Å². The number of carbonyl (C=O) groups is 1. The fraction of sp³-hybridized carbons (Fsp3) is 0.500. The van der Waals surface area contributed by atoms with Gasteiger partial charge in [0.2, 0.25) is 5.91 Å². The van der Waals surface area contributed by atoms with Crippen molar-refractivity contribution in [3.05, 3.63) is 35.4 Å². The lowest BCUT2D eigenvalue weighted by atomic mass is 10.1. The molecule has 1 aromatic carbocycles. The first kappa shape index (κ1) is 13.1. The molecule has 1 aromatic rings. The van der Waals surface area contributed by atoms with Gasteiger partial charge >= 0.3 is 0 Å². The highest BCUT2D eigenvalue weighted by Gasteiger charge is 2.25. The Kier molecular flexibility index (Phi) is 4.33. The Bertz CT molecular complexity index is 403. The Hall–Kier alpha value is -1.39. The van der Waals surface area contributed by atoms with Gasteiger partial charge in [-0.2, -0.15) is 0 Å². The summed E-state index contributed by atoms with van der Waals surface area (Å²) in [7, 11) is 0. The second kappa shape index (κ2) is 5.98. The number of aliphatic hydroxyl groups is 1. The van der Waals surface area contributed by atoms with Crippen LogP contribution >= 0.6 is 0 Å². The van der Waals surface area contributed by atoms with Crippen molar-refractivity contribution in [2.45, 2.75) is 25.9 Å². The van der Waals surface area contributed by atoms with E-state index >= 15 is 0 Å². The van der Waals surface area contributed by atoms with Crippen molar-refractivity contribution in [1.29, 1.82) is 0 Å². The maximum atomic E-state index is 12.2. The highest BCUT2D eigenvalue weighted by atomic mass is 16.3. The molecule has 98 valence electrons. The molecule has 0 radical (unpaired) electrons. The standard InChI is InChI=1S/C14H20N2O2/c1-11-3-5-12(6-4-11)9-16-8-2-7-15-13(10-17)14(16)18/h3-6,13,15,17H,2,7-10H2,1H3. The number of nitrogens with one attached hydrogen (secondary N) is 1. The van der Waals surface area contributed by atoms with Crippen LogP contribution in [0.5, 0.6) is 0 Å². The number of nitrogens with zero attached hydrogens (tertiary/aromatic N) is 1. The maximum absolute atomic E-state index is 12.2. The Morgan fingerprint density at radius 1 is 1.39 bits per heavy atom. The van der Waals surface area contributed by atoms with Crippen LogP contribution in [0.1, 0.15) is 17.5 Å². The van der Waals surface area contributed by atoms with Crippen LogP contribution < -0.4 is 5.32 Å². The molecule has 2 rings (SSSR count). The van der Waals surface area contributed by atoms with Gasteiger partial charge in [0.15, 0.2) is 0 Å². The fourth-order valence-electron chi connectivity index (χ4n) is 2.18. The van der Waals surface area contributed by atoms with Crippen molar-refractivity contribution in [3.8, 4) is 0 Å². The zero-order valence-electron chi connectivity index (χ0n) is 10.7. The largest absolute Gasteiger partial charge is 0.394 e. The third-order valence-electron chi connectivity index (χ3n) is 3.28. The van der Waals surface area contributed by atoms with E-state index in [4.69, 9.17) is 0 Å². The highest BCUT2D eigenvalue weighted by molar-refractivity contribution is 5.82. The van der Waals surface area contributed by atoms with Gasteiger partial charge in [-0.15, -0.1) is 0 Å². The molecule has 4 heteroatoms. The molecule has 0 saturated carbocycles. The summed E-state index contributed by atoms with van der Waals surface area (Å²) in [5.74, 6) is -0.00410. The summed E-state index contributed by atoms with van der Waals surface area (Å²) in [5.41, 5.74) is 2.35. The van der Waals surface area contributed by atoms with Gasteiger partial charge in [-0.3, -0.25) is 4.79 Å². The van der Waals surface area contributed by atoms with E-state index in [0.29, 0.717) is 6.54 Å². The van der Waals surface area contributed by atoms with E-state index in [1.165, 1.54) is 5.56 Å². The fourth-order valence-corrected chi connectivity index (χ4v) is 2.18. The van der Waals surface area contributed by atoms with E-state index in [2.05, 4.69) is 29.6 Å². The van der Waals surface area contributed by atoms with E-state index < -0.39 is 6.04 Å². The van der Waals surface area contributed by atoms with E-state index in [1.807, 2.05) is 11.8 Å². The smallest absolute Gasteiger partial charge is 0.242 e. The third-order valence-corrected chi connectivity index (χ3v) is 3.28. The van der Waals surface area contributed by atoms with Crippen LogP contribution in [0, 0.1) is 6.92 Å². The summed E-state index contributed by atoms with van der Waals surface area (Å²) in [6.07, 6.45) is 0.925. The van der Waals surface area contributed by atoms with Crippen molar-refractivity contribution in [2.24, 2.45) is 0 Å². The molecule has 0 bridgehead atoms. The van der Waals surface area contributed by atoms with Crippen molar-refractivity contribution in [2.75, 3.05) is 19.7 Å². The minimum atomic E-state index is -0.446. The van der Waals surface area contributed by atoms with Crippen LogP contribution in [0.2, 0.25) is 0 Å². The molecule has 1 amide bonds. The highest BCUT2D eigenvalue weighted by Crippen LogP contribution is 2.10. The molecule has 1 fully saturated rings. The summed E-state index contributed by atoms with van der Waals surface area (Å²) in [6, 6.07) is 7.76. The normalized spacial score (nSPS) is 20.9. The van der Waals surface area contributed by atoms with Gasteiger partial charge in [0.05, 0.1) is 6.61 Å². The van der Waals surface area contributed by atoms with E-state index in [0.717, 1.165) is 25.1 Å². The molecule has 4 nitrogen and oxygen atoms in total. The molecule has 18 heavy (non-hydrogen) atoms. The number of rotatable bonds is 3. The summed E-state index contributed by atoms with van der Waals surface area (Å²) in [6.45, 7) is 4.06. The van der Waals surface area contributed by atoms with Crippen LogP contribution in [0.4, 0.5) is 0 Å². The molecular formula is C14H20N2O2. The number of carbonyl (C=O) groups excluding carboxylic acids is 1. The second-order valence-electron chi connectivity index (χ2n) is 4.79. The number of hydrogen-bond acceptors (Lipinski definition) is 3. The van der Waals surface area contributed by atoms with Crippen molar-refractivity contribution < 1.29 is 9.90 Å². The number of aliphatic hydroxyl groups excluding tert-OH is 1. The summed E-state index contributed by atoms with van der Waals surface area (Å²) in [5, 5.41) is 12.3. The molecule has 1 atom stereocenters. The lowest BCUT2D eigenvalue weighted by molar-refractivity contribution is -0.134. The lowest BCUT2D eigenvalue weighted by Crippen LogP contribution is -2.45. The van der Waals surface area contributed by atoms with Crippen molar-refractivity contribution in [1.82, 2.24) is 10.2 Å². The first-order valence-electron chi connectivity index (χ1n) is 6.39. The Balaban J connectivity index is 2.06. The molecule has 1 heterocycles. The average Bonchev–Trinajstić information content (AvgIpc) is 2.55. The molecule has 1 unspecified atom stereocenters. The topological polar surface area (TPSA) is 52.6 Å². The van der Waals surface area contributed by atoms with Crippen LogP contribution in [-0.2, 0) is 11.3 Å². The molecular weight excluding hydrogens is 228 g/mol. The maximum Gasteiger partial charge on any atom is 0.242 e. The van der Waals surface area contributed by atoms with E-state index in [1.54, 1.807) is 0 Å². The average molecular weight is 248 g/mol. The molecule has 2 N–H and O–H groups in total. The minimum absolute atomic E-state index is 0.00410. The van der Waals surface area contributed by atoms with Crippen molar-refractivity contribution in [3.63, 3.8) is 0 Å². The van der Waals surface area contributed by atoms with Crippen LogP contribution in [0.15, 0.2) is 24.3 Å². The predicted octanol–water partition coefficient (Wildman–Crippen LogP) is 0.678. The van der Waals surface area contributed by atoms with E-state index in [-0.39, 0.29) is 12.5 Å². The van der Waals surface area contributed by atoms with Gasteiger partial charge in [0, 0.05) is 13.1 Å². The zero-order chi connectivity index (χ0) is 13.0. The quantitative estimate of drug-likeness (QED) is 0.827. The molecule has 1 saturated heterocycles. The number of benzene rings is 1. The van der Waals surface area contributed by atoms with Crippen LogP contribution in [0.3, 0.4) is 0 Å². The summed E-state index contributed by atoms with van der Waals surface area (Å²) < 4.78 is 0. The van der Waals surface area contributed by atoms with E-state index in [9.17, 15) is 9.90 Å². The second-order valence-corrected chi connectivity index (χ2v) is 4.79. The summed E-state index contributed by atoms with van der Waals surface area (Å²) >= 11 is 0. The molecule has 0 aromatic heterocycles. The van der Waals surface area contributed by atoms with Gasteiger partial charge in [0.1, 0.15) is 6.04 Å². The molecule has 0 spiro atoms. The molecule has 1 aliphatic heterocycles. The third kappa shape index (κ3) is 3.09. The number of aryl methyl sites for hydroxylation is 1. The van der Waals surface area contributed by atoms with Gasteiger partial charge in [-0.1, -0.05) is 29.8 Å². The van der Waals surface area contributed by atoms with Crippen LogP contribution in [-0.4, -0.2) is 41.7 Å². The molecule has 1 aliphatic rings. The zero-order valence-corrected chi connectivity index (χ0v) is 10.7. The van der Waals surface area contributed by atoms with Gasteiger partial charge in [-0.25, -0.2) is 0 Å². The summed E-state index contributed by atoms with van der Waals surface area (Å²) in [4.78, 5) is 14.0. The molecule has 0 aliphatic carbocycles.